The molecule has 2 rings (SSSR count). The van der Waals surface area contributed by atoms with E-state index in [4.69, 9.17) is 0 Å². The Bertz CT molecular complexity index is 276. The predicted octanol–water partition coefficient (Wildman–Crippen LogP) is 2.68. The van der Waals surface area contributed by atoms with Gasteiger partial charge in [-0.05, 0) is 11.1 Å². The smallest absolute Gasteiger partial charge is 0.0456 e. The zero-order chi connectivity index (χ0) is 6.97. The van der Waals surface area contributed by atoms with Crippen LogP contribution in [0.5, 0.6) is 0 Å². The maximum atomic E-state index is 4.38. The predicted molar refractivity (Wildman–Crippen MR) is 47.2 cm³/mol. The zero-order valence-corrected chi connectivity index (χ0v) is 6.38. The van der Waals surface area contributed by atoms with E-state index < -0.39 is 0 Å². The third-order valence-corrected chi connectivity index (χ3v) is 2.22. The van der Waals surface area contributed by atoms with Crippen LogP contribution in [0.1, 0.15) is 16.4 Å². The summed E-state index contributed by atoms with van der Waals surface area (Å²) < 4.78 is 0. The minimum atomic E-state index is 0.316. The van der Waals surface area contributed by atoms with Gasteiger partial charge in [-0.1, -0.05) is 36.4 Å². The lowest BCUT2D eigenvalue weighted by Crippen LogP contribution is -1.81. The lowest BCUT2D eigenvalue weighted by molar-refractivity contribution is 1.28. The van der Waals surface area contributed by atoms with Gasteiger partial charge in [-0.3, -0.25) is 0 Å². The summed E-state index contributed by atoms with van der Waals surface area (Å²) in [6, 6.07) is 8.33. The Morgan fingerprint density at radius 1 is 1.20 bits per heavy atom. The van der Waals surface area contributed by atoms with Crippen LogP contribution < -0.4 is 0 Å². The highest BCUT2D eigenvalue weighted by Crippen LogP contribution is 2.31. The molecule has 0 heterocycles. The lowest BCUT2D eigenvalue weighted by atomic mass is 10.1. The van der Waals surface area contributed by atoms with E-state index in [0.717, 1.165) is 0 Å². The molecular formula is C9H8S. The van der Waals surface area contributed by atoms with Crippen LogP contribution in [0.4, 0.5) is 0 Å². The second-order valence-corrected chi connectivity index (χ2v) is 2.99. The van der Waals surface area contributed by atoms with Crippen molar-refractivity contribution >= 4 is 18.7 Å². The standard InChI is InChI=1S/C9H8S/c10-9-6-5-7-3-1-2-4-8(7)9/h1-6,9-10H. The van der Waals surface area contributed by atoms with E-state index in [1.54, 1.807) is 0 Å². The fourth-order valence-corrected chi connectivity index (χ4v) is 1.55. The molecule has 1 aromatic carbocycles. The SMILES string of the molecule is SC1C=Cc2ccccc21. The Labute approximate surface area is 66.0 Å². The van der Waals surface area contributed by atoms with Gasteiger partial charge >= 0.3 is 0 Å². The van der Waals surface area contributed by atoms with Crippen LogP contribution in [-0.4, -0.2) is 0 Å². The van der Waals surface area contributed by atoms with Crippen LogP contribution in [0.25, 0.3) is 6.08 Å². The van der Waals surface area contributed by atoms with Gasteiger partial charge in [-0.15, -0.1) is 0 Å². The van der Waals surface area contributed by atoms with Crippen molar-refractivity contribution in [3.63, 3.8) is 0 Å². The molecule has 0 amide bonds. The van der Waals surface area contributed by atoms with E-state index in [0.29, 0.717) is 5.25 Å². The number of fused-ring (bicyclic) bond motifs is 1. The summed E-state index contributed by atoms with van der Waals surface area (Å²) in [4.78, 5) is 0. The second kappa shape index (κ2) is 2.17. The second-order valence-electron chi connectivity index (χ2n) is 2.43. The molecule has 0 N–H and O–H groups in total. The van der Waals surface area contributed by atoms with Crippen molar-refractivity contribution in [2.75, 3.05) is 0 Å². The van der Waals surface area contributed by atoms with Crippen molar-refractivity contribution in [1.82, 2.24) is 0 Å². The highest BCUT2D eigenvalue weighted by molar-refractivity contribution is 7.80. The molecule has 0 fully saturated rings. The third-order valence-electron chi connectivity index (χ3n) is 1.77. The van der Waals surface area contributed by atoms with Gasteiger partial charge < -0.3 is 0 Å². The number of benzene rings is 1. The molecule has 1 aliphatic carbocycles. The van der Waals surface area contributed by atoms with Gasteiger partial charge in [0.2, 0.25) is 0 Å². The summed E-state index contributed by atoms with van der Waals surface area (Å²) in [6.07, 6.45) is 4.22. The van der Waals surface area contributed by atoms with Gasteiger partial charge in [0, 0.05) is 5.25 Å². The lowest BCUT2D eigenvalue weighted by Gasteiger charge is -2.00. The van der Waals surface area contributed by atoms with E-state index in [9.17, 15) is 0 Å². The quantitative estimate of drug-likeness (QED) is 0.537. The fraction of sp³-hybridized carbons (Fsp3) is 0.111. The minimum Gasteiger partial charge on any atom is -0.167 e. The molecule has 0 aromatic heterocycles. The van der Waals surface area contributed by atoms with Crippen molar-refractivity contribution in [3.05, 3.63) is 41.5 Å². The average Bonchev–Trinajstić information content (AvgIpc) is 2.34. The Balaban J connectivity index is 2.59. The molecule has 0 saturated carbocycles. The summed E-state index contributed by atoms with van der Waals surface area (Å²) in [5.74, 6) is 0. The molecule has 0 aliphatic heterocycles. The summed E-state index contributed by atoms with van der Waals surface area (Å²) >= 11 is 4.38. The van der Waals surface area contributed by atoms with E-state index in [2.05, 4.69) is 49.0 Å². The van der Waals surface area contributed by atoms with Crippen LogP contribution in [0.3, 0.4) is 0 Å². The van der Waals surface area contributed by atoms with Crippen LogP contribution in [0, 0.1) is 0 Å². The molecule has 1 aromatic rings. The number of thiol groups is 1. The van der Waals surface area contributed by atoms with Gasteiger partial charge in [-0.25, -0.2) is 0 Å². The molecule has 10 heavy (non-hydrogen) atoms. The molecular weight excluding hydrogens is 140 g/mol. The van der Waals surface area contributed by atoms with Gasteiger partial charge in [0.1, 0.15) is 0 Å². The summed E-state index contributed by atoms with van der Waals surface area (Å²) in [6.45, 7) is 0. The molecule has 1 aliphatic rings. The molecule has 0 radical (unpaired) electrons. The highest BCUT2D eigenvalue weighted by atomic mass is 32.1. The van der Waals surface area contributed by atoms with Gasteiger partial charge in [-0.2, -0.15) is 12.6 Å². The maximum absolute atomic E-state index is 4.38. The summed E-state index contributed by atoms with van der Waals surface area (Å²) in [5, 5.41) is 0.316. The van der Waals surface area contributed by atoms with Gasteiger partial charge in [0.25, 0.3) is 0 Å². The van der Waals surface area contributed by atoms with Crippen LogP contribution in [0.15, 0.2) is 30.3 Å². The largest absolute Gasteiger partial charge is 0.167 e. The number of hydrogen-bond acceptors (Lipinski definition) is 1. The van der Waals surface area contributed by atoms with Crippen molar-refractivity contribution in [2.45, 2.75) is 5.25 Å². The molecule has 0 spiro atoms. The first-order chi connectivity index (χ1) is 4.88. The van der Waals surface area contributed by atoms with Crippen LogP contribution >= 0.6 is 12.6 Å². The molecule has 50 valence electrons. The fourth-order valence-electron chi connectivity index (χ4n) is 1.23. The maximum Gasteiger partial charge on any atom is 0.0456 e. The molecule has 1 heteroatoms. The average molecular weight is 148 g/mol. The first kappa shape index (κ1) is 6.05. The Kier molecular flexibility index (Phi) is 1.31. The molecule has 0 nitrogen and oxygen atoms in total. The third kappa shape index (κ3) is 0.781. The van der Waals surface area contributed by atoms with Crippen molar-refractivity contribution in [3.8, 4) is 0 Å². The topological polar surface area (TPSA) is 0 Å². The van der Waals surface area contributed by atoms with Crippen LogP contribution in [0.2, 0.25) is 0 Å². The van der Waals surface area contributed by atoms with E-state index in [-0.39, 0.29) is 0 Å². The number of hydrogen-bond donors (Lipinski definition) is 1. The molecule has 0 saturated heterocycles. The van der Waals surface area contributed by atoms with Gasteiger partial charge in [0.15, 0.2) is 0 Å². The molecule has 1 unspecified atom stereocenters. The Hall–Kier alpha value is -0.690. The monoisotopic (exact) mass is 148 g/mol. The zero-order valence-electron chi connectivity index (χ0n) is 5.49. The van der Waals surface area contributed by atoms with Gasteiger partial charge in [0.05, 0.1) is 0 Å². The Morgan fingerprint density at radius 3 is 2.80 bits per heavy atom. The minimum absolute atomic E-state index is 0.316. The normalized spacial score (nSPS) is 21.1. The molecule has 0 bridgehead atoms. The molecule has 1 atom stereocenters. The summed E-state index contributed by atoms with van der Waals surface area (Å²) in [7, 11) is 0. The van der Waals surface area contributed by atoms with Crippen molar-refractivity contribution in [2.24, 2.45) is 0 Å². The van der Waals surface area contributed by atoms with Crippen molar-refractivity contribution < 1.29 is 0 Å². The number of rotatable bonds is 0. The van der Waals surface area contributed by atoms with E-state index >= 15 is 0 Å². The van der Waals surface area contributed by atoms with Crippen LogP contribution in [-0.2, 0) is 0 Å². The Morgan fingerprint density at radius 2 is 2.00 bits per heavy atom. The summed E-state index contributed by atoms with van der Waals surface area (Å²) in [5.41, 5.74) is 2.63. The first-order valence-corrected chi connectivity index (χ1v) is 3.85. The van der Waals surface area contributed by atoms with E-state index in [1.807, 2.05) is 0 Å². The highest BCUT2D eigenvalue weighted by Gasteiger charge is 2.10. The first-order valence-electron chi connectivity index (χ1n) is 3.33. The van der Waals surface area contributed by atoms with Crippen molar-refractivity contribution in [1.29, 1.82) is 0 Å². The van der Waals surface area contributed by atoms with E-state index in [1.165, 1.54) is 11.1 Å².